The first-order valence-electron chi connectivity index (χ1n) is 6.70. The lowest BCUT2D eigenvalue weighted by atomic mass is 10.2. The van der Waals surface area contributed by atoms with Crippen LogP contribution in [0.5, 0.6) is 0 Å². The van der Waals surface area contributed by atoms with Crippen molar-refractivity contribution in [3.05, 3.63) is 34.7 Å². The van der Waals surface area contributed by atoms with Gasteiger partial charge < -0.3 is 5.73 Å². The van der Waals surface area contributed by atoms with Crippen LogP contribution in [-0.4, -0.2) is 27.3 Å². The third-order valence-electron chi connectivity index (χ3n) is 3.16. The van der Waals surface area contributed by atoms with Gasteiger partial charge in [-0.05, 0) is 37.8 Å². The maximum absolute atomic E-state index is 5.61. The van der Waals surface area contributed by atoms with E-state index in [0.29, 0.717) is 11.9 Å². The van der Waals surface area contributed by atoms with E-state index >= 15 is 0 Å². The number of rotatable bonds is 7. The molecule has 0 aliphatic heterocycles. The molecule has 2 aromatic heterocycles. The Hall–Kier alpha value is -1.33. The van der Waals surface area contributed by atoms with E-state index in [1.54, 1.807) is 0 Å². The van der Waals surface area contributed by atoms with Crippen molar-refractivity contribution in [3.8, 4) is 0 Å². The number of aromatic nitrogens is 2. The number of nitrogen functional groups attached to an aromatic ring is 1. The van der Waals surface area contributed by atoms with Gasteiger partial charge >= 0.3 is 0 Å². The molecule has 2 heterocycles. The SMILES string of the molecule is CC(C)N(CCCn1ccc(N)n1)Cc1cccs1. The first-order valence-corrected chi connectivity index (χ1v) is 7.58. The van der Waals surface area contributed by atoms with E-state index in [4.69, 9.17) is 5.73 Å². The number of nitrogens with zero attached hydrogens (tertiary/aromatic N) is 3. The van der Waals surface area contributed by atoms with Gasteiger partial charge in [0.05, 0.1) is 0 Å². The summed E-state index contributed by atoms with van der Waals surface area (Å²) in [4.78, 5) is 3.93. The average molecular weight is 278 g/mol. The Kier molecular flexibility index (Phi) is 4.99. The molecule has 0 saturated heterocycles. The highest BCUT2D eigenvalue weighted by molar-refractivity contribution is 7.09. The van der Waals surface area contributed by atoms with Crippen LogP contribution in [0.25, 0.3) is 0 Å². The van der Waals surface area contributed by atoms with Crippen LogP contribution in [0, 0.1) is 0 Å². The molecule has 0 aromatic carbocycles. The molecule has 2 aromatic rings. The Balaban J connectivity index is 1.80. The molecule has 0 spiro atoms. The van der Waals surface area contributed by atoms with Gasteiger partial charge in [-0.1, -0.05) is 6.07 Å². The topological polar surface area (TPSA) is 47.1 Å². The summed E-state index contributed by atoms with van der Waals surface area (Å²) in [5.41, 5.74) is 5.61. The van der Waals surface area contributed by atoms with Crippen molar-refractivity contribution in [2.45, 2.75) is 39.4 Å². The van der Waals surface area contributed by atoms with Gasteiger partial charge in [0, 0.05) is 36.8 Å². The second kappa shape index (κ2) is 6.73. The number of anilines is 1. The molecule has 4 nitrogen and oxygen atoms in total. The molecule has 104 valence electrons. The summed E-state index contributed by atoms with van der Waals surface area (Å²) in [6, 6.07) is 6.72. The normalized spacial score (nSPS) is 11.6. The van der Waals surface area contributed by atoms with Gasteiger partial charge in [0.2, 0.25) is 0 Å². The van der Waals surface area contributed by atoms with E-state index in [0.717, 1.165) is 26.1 Å². The first kappa shape index (κ1) is 14.1. The van der Waals surface area contributed by atoms with Gasteiger partial charge in [0.25, 0.3) is 0 Å². The Morgan fingerprint density at radius 3 is 2.84 bits per heavy atom. The molecule has 0 fully saturated rings. The van der Waals surface area contributed by atoms with Gasteiger partial charge in [-0.15, -0.1) is 11.3 Å². The Morgan fingerprint density at radius 2 is 2.26 bits per heavy atom. The van der Waals surface area contributed by atoms with Crippen molar-refractivity contribution in [2.75, 3.05) is 12.3 Å². The molecule has 5 heteroatoms. The van der Waals surface area contributed by atoms with Crippen LogP contribution in [0.15, 0.2) is 29.8 Å². The van der Waals surface area contributed by atoms with Crippen molar-refractivity contribution in [2.24, 2.45) is 0 Å². The fraction of sp³-hybridized carbons (Fsp3) is 0.500. The highest BCUT2D eigenvalue weighted by Gasteiger charge is 2.10. The summed E-state index contributed by atoms with van der Waals surface area (Å²) in [6.45, 7) is 7.54. The predicted octanol–water partition coefficient (Wildman–Crippen LogP) is 2.83. The molecule has 0 aliphatic carbocycles. The molecule has 2 N–H and O–H groups in total. The molecule has 0 amide bonds. The number of thiophene rings is 1. The predicted molar refractivity (Wildman–Crippen MR) is 81.1 cm³/mol. The fourth-order valence-electron chi connectivity index (χ4n) is 2.06. The van der Waals surface area contributed by atoms with Gasteiger partial charge in [-0.2, -0.15) is 5.10 Å². The quantitative estimate of drug-likeness (QED) is 0.847. The monoisotopic (exact) mass is 278 g/mol. The second-order valence-electron chi connectivity index (χ2n) is 5.00. The second-order valence-corrected chi connectivity index (χ2v) is 6.03. The molecule has 0 aliphatic rings. The van der Waals surface area contributed by atoms with E-state index in [2.05, 4.69) is 41.4 Å². The van der Waals surface area contributed by atoms with E-state index in [1.807, 2.05) is 28.3 Å². The van der Waals surface area contributed by atoms with E-state index in [1.165, 1.54) is 4.88 Å². The van der Waals surface area contributed by atoms with Crippen molar-refractivity contribution in [3.63, 3.8) is 0 Å². The van der Waals surface area contributed by atoms with Crippen molar-refractivity contribution in [1.29, 1.82) is 0 Å². The zero-order valence-electron chi connectivity index (χ0n) is 11.6. The van der Waals surface area contributed by atoms with Crippen LogP contribution >= 0.6 is 11.3 Å². The summed E-state index contributed by atoms with van der Waals surface area (Å²) >= 11 is 1.83. The molecule has 0 atom stereocenters. The standard InChI is InChI=1S/C14H22N4S/c1-12(2)17(11-13-5-3-10-19-13)7-4-8-18-9-6-14(15)16-18/h3,5-6,9-10,12H,4,7-8,11H2,1-2H3,(H2,15,16). The molecule has 2 rings (SSSR count). The van der Waals surface area contributed by atoms with Crippen LogP contribution in [0.3, 0.4) is 0 Å². The summed E-state index contributed by atoms with van der Waals surface area (Å²) in [7, 11) is 0. The average Bonchev–Trinajstić information content (AvgIpc) is 2.99. The maximum atomic E-state index is 5.61. The van der Waals surface area contributed by atoms with E-state index in [9.17, 15) is 0 Å². The highest BCUT2D eigenvalue weighted by Crippen LogP contribution is 2.14. The van der Waals surface area contributed by atoms with Gasteiger partial charge in [0.15, 0.2) is 0 Å². The van der Waals surface area contributed by atoms with Gasteiger partial charge in [-0.3, -0.25) is 9.58 Å². The third kappa shape index (κ3) is 4.36. The van der Waals surface area contributed by atoms with Gasteiger partial charge in [-0.25, -0.2) is 0 Å². The number of hydrogen-bond acceptors (Lipinski definition) is 4. The lowest BCUT2D eigenvalue weighted by molar-refractivity contribution is 0.207. The highest BCUT2D eigenvalue weighted by atomic mass is 32.1. The first-order chi connectivity index (χ1) is 9.15. The summed E-state index contributed by atoms with van der Waals surface area (Å²) in [5, 5.41) is 6.35. The van der Waals surface area contributed by atoms with E-state index in [-0.39, 0.29) is 0 Å². The number of aryl methyl sites for hydroxylation is 1. The molecule has 19 heavy (non-hydrogen) atoms. The van der Waals surface area contributed by atoms with Crippen molar-refractivity contribution < 1.29 is 0 Å². The third-order valence-corrected chi connectivity index (χ3v) is 4.02. The number of nitrogens with two attached hydrogens (primary N) is 1. The summed E-state index contributed by atoms with van der Waals surface area (Å²) < 4.78 is 1.92. The fourth-order valence-corrected chi connectivity index (χ4v) is 2.79. The van der Waals surface area contributed by atoms with Crippen LogP contribution < -0.4 is 5.73 Å². The zero-order chi connectivity index (χ0) is 13.7. The maximum Gasteiger partial charge on any atom is 0.145 e. The lowest BCUT2D eigenvalue weighted by Crippen LogP contribution is -2.31. The molecular weight excluding hydrogens is 256 g/mol. The van der Waals surface area contributed by atoms with Crippen molar-refractivity contribution in [1.82, 2.24) is 14.7 Å². The largest absolute Gasteiger partial charge is 0.382 e. The smallest absolute Gasteiger partial charge is 0.145 e. The molecule has 0 unspecified atom stereocenters. The molecule has 0 saturated carbocycles. The van der Waals surface area contributed by atoms with Crippen LogP contribution in [0.1, 0.15) is 25.1 Å². The van der Waals surface area contributed by atoms with Gasteiger partial charge in [0.1, 0.15) is 5.82 Å². The number of hydrogen-bond donors (Lipinski definition) is 1. The summed E-state index contributed by atoms with van der Waals surface area (Å²) in [6.07, 6.45) is 3.03. The van der Waals surface area contributed by atoms with Crippen LogP contribution in [-0.2, 0) is 13.1 Å². The Bertz CT molecular complexity index is 475. The Labute approximate surface area is 118 Å². The van der Waals surface area contributed by atoms with Crippen LogP contribution in [0.2, 0.25) is 0 Å². The molecule has 0 bridgehead atoms. The van der Waals surface area contributed by atoms with E-state index < -0.39 is 0 Å². The lowest BCUT2D eigenvalue weighted by Gasteiger charge is -2.25. The molecule has 0 radical (unpaired) electrons. The van der Waals surface area contributed by atoms with Crippen molar-refractivity contribution >= 4 is 17.2 Å². The molecular formula is C14H22N4S. The summed E-state index contributed by atoms with van der Waals surface area (Å²) in [5.74, 6) is 0.597. The minimum absolute atomic E-state index is 0.560. The minimum Gasteiger partial charge on any atom is -0.382 e. The zero-order valence-corrected chi connectivity index (χ0v) is 12.4. The Morgan fingerprint density at radius 1 is 1.42 bits per heavy atom. The minimum atomic E-state index is 0.560. The van der Waals surface area contributed by atoms with Crippen LogP contribution in [0.4, 0.5) is 5.82 Å².